The molecule has 2 aromatic rings. The fourth-order valence-corrected chi connectivity index (χ4v) is 4.03. The smallest absolute Gasteiger partial charge is 0.338 e. The molecule has 1 aliphatic heterocycles. The molecule has 190 valence electrons. The minimum Gasteiger partial charge on any atom is -0.462 e. The van der Waals surface area contributed by atoms with Crippen molar-refractivity contribution in [3.8, 4) is 0 Å². The van der Waals surface area contributed by atoms with E-state index < -0.39 is 5.97 Å². The lowest BCUT2D eigenvalue weighted by Crippen LogP contribution is -2.26. The number of esters is 1. The van der Waals surface area contributed by atoms with Gasteiger partial charge < -0.3 is 19.7 Å². The predicted molar refractivity (Wildman–Crippen MR) is 132 cm³/mol. The second kappa shape index (κ2) is 13.0. The van der Waals surface area contributed by atoms with E-state index in [4.69, 9.17) is 14.6 Å². The van der Waals surface area contributed by atoms with Crippen LogP contribution < -0.4 is 5.32 Å². The first kappa shape index (κ1) is 26.4. The highest BCUT2D eigenvalue weighted by Gasteiger charge is 2.22. The van der Waals surface area contributed by atoms with Gasteiger partial charge in [0.15, 0.2) is 0 Å². The molecule has 0 saturated carbocycles. The van der Waals surface area contributed by atoms with Gasteiger partial charge in [0, 0.05) is 46.0 Å². The molecule has 1 aromatic carbocycles. The molecule has 2 heterocycles. The predicted octanol–water partition coefficient (Wildman–Crippen LogP) is 2.87. The van der Waals surface area contributed by atoms with Gasteiger partial charge in [-0.05, 0) is 62.8 Å². The highest BCUT2D eigenvalue weighted by Crippen LogP contribution is 2.19. The normalized spacial score (nSPS) is 14.4. The summed E-state index contributed by atoms with van der Waals surface area (Å²) in [7, 11) is 3.37. The largest absolute Gasteiger partial charge is 0.462 e. The number of unbranched alkanes of at least 4 members (excludes halogenated alkanes) is 1. The average molecular weight is 485 g/mol. The number of carbonyl (C=O) groups excluding carboxylic acids is 3. The number of benzene rings is 1. The van der Waals surface area contributed by atoms with Crippen molar-refractivity contribution in [2.75, 3.05) is 40.5 Å². The second-order valence-corrected chi connectivity index (χ2v) is 8.79. The highest BCUT2D eigenvalue weighted by molar-refractivity contribution is 5.97. The van der Waals surface area contributed by atoms with Gasteiger partial charge in [-0.3, -0.25) is 14.3 Å². The van der Waals surface area contributed by atoms with Crippen LogP contribution in [0.15, 0.2) is 24.3 Å². The minimum absolute atomic E-state index is 0.0581. The Kier molecular flexibility index (Phi) is 9.84. The Hall–Kier alpha value is -3.20. The molecule has 35 heavy (non-hydrogen) atoms. The average Bonchev–Trinajstić information content (AvgIpc) is 3.20. The molecule has 0 fully saturated rings. The lowest BCUT2D eigenvalue weighted by Gasteiger charge is -2.11. The monoisotopic (exact) mass is 484 g/mol. The zero-order chi connectivity index (χ0) is 25.2. The Balaban J connectivity index is 1.54. The summed E-state index contributed by atoms with van der Waals surface area (Å²) in [5.41, 5.74) is 3.42. The standard InChI is InChI=1S/C26H36N4O5/c1-4-21-23-22(9-7-16-34-17-8-14-27-24(23)31)30(28-21)15-5-6-18-35-26(33)20-12-10-19(11-13-20)25(32)29(2)3/h10-13H,4-9,14-18H2,1-3H3,(H,27,31). The third-order valence-corrected chi connectivity index (χ3v) is 5.92. The van der Waals surface area contributed by atoms with E-state index in [1.54, 1.807) is 38.4 Å². The lowest BCUT2D eigenvalue weighted by atomic mass is 10.1. The van der Waals surface area contributed by atoms with Gasteiger partial charge in [-0.1, -0.05) is 6.92 Å². The van der Waals surface area contributed by atoms with Gasteiger partial charge in [0.25, 0.3) is 11.8 Å². The van der Waals surface area contributed by atoms with E-state index in [1.807, 2.05) is 11.6 Å². The molecule has 9 nitrogen and oxygen atoms in total. The molecule has 0 saturated heterocycles. The molecule has 1 aliphatic rings. The number of aryl methyl sites for hydroxylation is 2. The van der Waals surface area contributed by atoms with Crippen molar-refractivity contribution < 1.29 is 23.9 Å². The number of hydrogen-bond donors (Lipinski definition) is 1. The maximum absolute atomic E-state index is 12.8. The molecular formula is C26H36N4O5. The summed E-state index contributed by atoms with van der Waals surface area (Å²) in [6.45, 7) is 4.86. The molecule has 0 unspecified atom stereocenters. The Bertz CT molecular complexity index is 1010. The number of fused-ring (bicyclic) bond motifs is 1. The zero-order valence-electron chi connectivity index (χ0n) is 21.0. The Labute approximate surface area is 206 Å². The van der Waals surface area contributed by atoms with Gasteiger partial charge in [-0.25, -0.2) is 4.79 Å². The number of ether oxygens (including phenoxy) is 2. The quantitative estimate of drug-likeness (QED) is 0.457. The number of nitrogens with one attached hydrogen (secondary N) is 1. The van der Waals surface area contributed by atoms with Crippen LogP contribution >= 0.6 is 0 Å². The van der Waals surface area contributed by atoms with Gasteiger partial charge in [0.05, 0.1) is 29.1 Å². The lowest BCUT2D eigenvalue weighted by molar-refractivity contribution is 0.0496. The fraction of sp³-hybridized carbons (Fsp3) is 0.538. The van der Waals surface area contributed by atoms with Gasteiger partial charge in [0.1, 0.15) is 0 Å². The Morgan fingerprint density at radius 2 is 1.83 bits per heavy atom. The van der Waals surface area contributed by atoms with Crippen molar-refractivity contribution in [1.82, 2.24) is 20.0 Å². The molecule has 0 bridgehead atoms. The summed E-state index contributed by atoms with van der Waals surface area (Å²) in [6, 6.07) is 6.47. The second-order valence-electron chi connectivity index (χ2n) is 8.79. The molecule has 2 amide bonds. The minimum atomic E-state index is -0.411. The van der Waals surface area contributed by atoms with Crippen molar-refractivity contribution in [3.63, 3.8) is 0 Å². The number of nitrogens with zero attached hydrogens (tertiary/aromatic N) is 3. The summed E-state index contributed by atoms with van der Waals surface area (Å²) in [4.78, 5) is 38.6. The number of hydrogen-bond acceptors (Lipinski definition) is 6. The molecule has 0 aliphatic carbocycles. The number of carbonyl (C=O) groups is 3. The summed E-state index contributed by atoms with van der Waals surface area (Å²) < 4.78 is 13.0. The van der Waals surface area contributed by atoms with Crippen LogP contribution in [0.25, 0.3) is 0 Å². The number of amides is 2. The summed E-state index contributed by atoms with van der Waals surface area (Å²) in [6.07, 6.45) is 4.50. The zero-order valence-corrected chi connectivity index (χ0v) is 21.0. The van der Waals surface area contributed by atoms with Crippen LogP contribution in [0.1, 0.15) is 75.1 Å². The third kappa shape index (κ3) is 7.14. The van der Waals surface area contributed by atoms with E-state index in [0.29, 0.717) is 55.8 Å². The third-order valence-electron chi connectivity index (χ3n) is 5.92. The van der Waals surface area contributed by atoms with Crippen molar-refractivity contribution in [3.05, 3.63) is 52.3 Å². The van der Waals surface area contributed by atoms with Crippen LogP contribution in [0.2, 0.25) is 0 Å². The van der Waals surface area contributed by atoms with Crippen LogP contribution in [0.5, 0.6) is 0 Å². The first-order valence-corrected chi connectivity index (χ1v) is 12.4. The van der Waals surface area contributed by atoms with Crippen molar-refractivity contribution in [2.45, 2.75) is 52.0 Å². The maximum Gasteiger partial charge on any atom is 0.338 e. The van der Waals surface area contributed by atoms with Crippen LogP contribution in [-0.4, -0.2) is 72.9 Å². The van der Waals surface area contributed by atoms with Crippen LogP contribution in [-0.2, 0) is 28.9 Å². The first-order chi connectivity index (χ1) is 16.9. The topological polar surface area (TPSA) is 103 Å². The van der Waals surface area contributed by atoms with E-state index >= 15 is 0 Å². The van der Waals surface area contributed by atoms with Gasteiger partial charge in [-0.15, -0.1) is 0 Å². The fourth-order valence-electron chi connectivity index (χ4n) is 4.03. The van der Waals surface area contributed by atoms with Gasteiger partial charge in [0.2, 0.25) is 0 Å². The highest BCUT2D eigenvalue weighted by atomic mass is 16.5. The van der Waals surface area contributed by atoms with Crippen LogP contribution in [0, 0.1) is 0 Å². The first-order valence-electron chi connectivity index (χ1n) is 12.4. The van der Waals surface area contributed by atoms with Crippen molar-refractivity contribution in [1.29, 1.82) is 0 Å². The molecule has 1 aromatic heterocycles. The molecule has 3 rings (SSSR count). The Morgan fingerprint density at radius 3 is 2.54 bits per heavy atom. The number of rotatable bonds is 8. The van der Waals surface area contributed by atoms with E-state index in [0.717, 1.165) is 37.1 Å². The molecule has 0 atom stereocenters. The van der Waals surface area contributed by atoms with E-state index in [2.05, 4.69) is 5.32 Å². The van der Waals surface area contributed by atoms with Crippen LogP contribution in [0.3, 0.4) is 0 Å². The van der Waals surface area contributed by atoms with Gasteiger partial charge in [-0.2, -0.15) is 5.10 Å². The molecular weight excluding hydrogens is 448 g/mol. The van der Waals surface area contributed by atoms with E-state index in [9.17, 15) is 14.4 Å². The molecule has 0 radical (unpaired) electrons. The number of aromatic nitrogens is 2. The van der Waals surface area contributed by atoms with Gasteiger partial charge >= 0.3 is 5.97 Å². The maximum atomic E-state index is 12.8. The van der Waals surface area contributed by atoms with Crippen LogP contribution in [0.4, 0.5) is 0 Å². The molecule has 0 spiro atoms. The summed E-state index contributed by atoms with van der Waals surface area (Å²) in [5, 5.41) is 7.71. The SMILES string of the molecule is CCc1nn(CCCCOC(=O)c2ccc(C(=O)N(C)C)cc2)c2c1C(=O)NCCCOCCC2. The summed E-state index contributed by atoms with van der Waals surface area (Å²) in [5.74, 6) is -0.585. The van der Waals surface area contributed by atoms with E-state index in [-0.39, 0.29) is 18.4 Å². The van der Waals surface area contributed by atoms with Crippen molar-refractivity contribution >= 4 is 17.8 Å². The molecule has 9 heteroatoms. The van der Waals surface area contributed by atoms with Crippen molar-refractivity contribution in [2.24, 2.45) is 0 Å². The Morgan fingerprint density at radius 1 is 1.11 bits per heavy atom. The molecule has 1 N–H and O–H groups in total. The van der Waals surface area contributed by atoms with E-state index in [1.165, 1.54) is 4.90 Å². The summed E-state index contributed by atoms with van der Waals surface area (Å²) >= 11 is 0.